The van der Waals surface area contributed by atoms with Gasteiger partial charge in [0, 0.05) is 29.9 Å². The number of urea groups is 1. The first-order valence-corrected chi connectivity index (χ1v) is 11.0. The van der Waals surface area contributed by atoms with E-state index in [2.05, 4.69) is 15.5 Å². The van der Waals surface area contributed by atoms with Crippen LogP contribution in [0.3, 0.4) is 0 Å². The Morgan fingerprint density at radius 2 is 1.73 bits per heavy atom. The molecule has 3 rings (SSSR count). The molecule has 1 fully saturated rings. The van der Waals surface area contributed by atoms with Crippen LogP contribution in [0.5, 0.6) is 0 Å². The monoisotopic (exact) mass is 467 g/mol. The van der Waals surface area contributed by atoms with Crippen molar-refractivity contribution in [2.75, 3.05) is 23.7 Å². The highest BCUT2D eigenvalue weighted by Gasteiger charge is 2.32. The molecule has 1 heterocycles. The number of benzene rings is 2. The lowest BCUT2D eigenvalue weighted by atomic mass is 10.3. The number of hydrogen-bond acceptors (Lipinski definition) is 5. The van der Waals surface area contributed by atoms with Crippen molar-refractivity contribution in [3.63, 3.8) is 0 Å². The molecule has 0 unspecified atom stereocenters. The summed E-state index contributed by atoms with van der Waals surface area (Å²) in [6, 6.07) is 11.8. The molecule has 0 atom stereocenters. The smallest absolute Gasteiger partial charge is 0.326 e. The molecule has 0 bridgehead atoms. The molecular weight excluding hydrogens is 450 g/mol. The number of amides is 3. The van der Waals surface area contributed by atoms with Crippen molar-refractivity contribution in [1.29, 1.82) is 0 Å². The Balaban J connectivity index is 1.65. The second-order valence-electron chi connectivity index (χ2n) is 6.33. The largest absolute Gasteiger partial charge is 0.328 e. The maximum absolute atomic E-state index is 12.6. The van der Waals surface area contributed by atoms with Gasteiger partial charge in [0.15, 0.2) is 5.11 Å². The van der Waals surface area contributed by atoms with Crippen molar-refractivity contribution in [3.8, 4) is 0 Å². The summed E-state index contributed by atoms with van der Waals surface area (Å²) in [5.74, 6) is -0.262. The van der Waals surface area contributed by atoms with Gasteiger partial charge in [0.1, 0.15) is 0 Å². The Morgan fingerprint density at radius 3 is 2.37 bits per heavy atom. The molecule has 1 aliphatic rings. The molecule has 9 nitrogen and oxygen atoms in total. The standard InChI is InChI=1S/C18H18ClN5O4S2/c1-12(25)20-14-5-7-16(8-6-14)30(27,28)22-24-10-9-23(18(24)29)17(26)21-15-4-2-3-13(19)11-15/h2-8,11,22H,9-10H2,1H3,(H,20,25)(H,21,26). The van der Waals surface area contributed by atoms with Crippen LogP contribution in [0.15, 0.2) is 53.4 Å². The maximum atomic E-state index is 12.6. The van der Waals surface area contributed by atoms with Crippen LogP contribution in [0, 0.1) is 0 Å². The molecule has 0 spiro atoms. The van der Waals surface area contributed by atoms with E-state index >= 15 is 0 Å². The van der Waals surface area contributed by atoms with Crippen molar-refractivity contribution in [1.82, 2.24) is 14.7 Å². The molecule has 1 aliphatic heterocycles. The number of nitrogens with zero attached hydrogens (tertiary/aromatic N) is 2. The zero-order chi connectivity index (χ0) is 21.9. The number of rotatable bonds is 5. The Morgan fingerprint density at radius 1 is 1.03 bits per heavy atom. The Kier molecular flexibility index (Phi) is 6.56. The minimum atomic E-state index is -3.94. The number of halogens is 1. The first-order chi connectivity index (χ1) is 14.2. The van der Waals surface area contributed by atoms with E-state index in [9.17, 15) is 18.0 Å². The van der Waals surface area contributed by atoms with Gasteiger partial charge in [0.25, 0.3) is 10.0 Å². The number of carbonyl (C=O) groups is 2. The summed E-state index contributed by atoms with van der Waals surface area (Å²) < 4.78 is 25.3. The fraction of sp³-hybridized carbons (Fsp3) is 0.167. The number of carbonyl (C=O) groups excluding carboxylic acids is 2. The molecule has 0 aromatic heterocycles. The van der Waals surface area contributed by atoms with Crippen molar-refractivity contribution >= 4 is 62.3 Å². The molecule has 30 heavy (non-hydrogen) atoms. The van der Waals surface area contributed by atoms with Crippen molar-refractivity contribution in [3.05, 3.63) is 53.6 Å². The minimum Gasteiger partial charge on any atom is -0.326 e. The van der Waals surface area contributed by atoms with E-state index in [0.29, 0.717) is 16.4 Å². The summed E-state index contributed by atoms with van der Waals surface area (Å²) in [5.41, 5.74) is 0.968. The molecule has 3 N–H and O–H groups in total. The molecule has 0 radical (unpaired) electrons. The van der Waals surface area contributed by atoms with Gasteiger partial charge < -0.3 is 10.6 Å². The van der Waals surface area contributed by atoms with Crippen LogP contribution >= 0.6 is 23.8 Å². The summed E-state index contributed by atoms with van der Waals surface area (Å²) >= 11 is 11.2. The Bertz CT molecular complexity index is 1090. The number of sulfonamides is 1. The van der Waals surface area contributed by atoms with Gasteiger partial charge in [-0.2, -0.15) is 0 Å². The van der Waals surface area contributed by atoms with Gasteiger partial charge in [-0.15, -0.1) is 4.83 Å². The predicted molar refractivity (Wildman–Crippen MR) is 118 cm³/mol. The molecule has 1 saturated heterocycles. The highest BCUT2D eigenvalue weighted by Crippen LogP contribution is 2.18. The predicted octanol–water partition coefficient (Wildman–Crippen LogP) is 2.63. The molecule has 12 heteroatoms. The minimum absolute atomic E-state index is 0.0127. The number of hydrazine groups is 1. The molecular formula is C18H18ClN5O4S2. The van der Waals surface area contributed by atoms with Crippen molar-refractivity contribution in [2.24, 2.45) is 0 Å². The summed E-state index contributed by atoms with van der Waals surface area (Å²) in [4.78, 5) is 27.2. The third-order valence-corrected chi connectivity index (χ3v) is 6.07. The average molecular weight is 468 g/mol. The zero-order valence-corrected chi connectivity index (χ0v) is 18.1. The fourth-order valence-corrected chi connectivity index (χ4v) is 4.31. The topological polar surface area (TPSA) is 111 Å². The fourth-order valence-electron chi connectivity index (χ4n) is 2.69. The summed E-state index contributed by atoms with van der Waals surface area (Å²) in [5, 5.41) is 6.93. The van der Waals surface area contributed by atoms with E-state index in [0.717, 1.165) is 0 Å². The van der Waals surface area contributed by atoms with Crippen LogP contribution in [0.2, 0.25) is 5.02 Å². The lowest BCUT2D eigenvalue weighted by molar-refractivity contribution is -0.114. The van der Waals surface area contributed by atoms with E-state index < -0.39 is 16.1 Å². The van der Waals surface area contributed by atoms with Crippen LogP contribution in [0.4, 0.5) is 16.2 Å². The normalized spacial score (nSPS) is 14.0. The first kappa shape index (κ1) is 22.0. The maximum Gasteiger partial charge on any atom is 0.328 e. The van der Waals surface area contributed by atoms with E-state index in [1.807, 2.05) is 0 Å². The van der Waals surface area contributed by atoms with Gasteiger partial charge in [0.05, 0.1) is 11.4 Å². The lowest BCUT2D eigenvalue weighted by Gasteiger charge is -2.21. The lowest BCUT2D eigenvalue weighted by Crippen LogP contribution is -2.46. The number of hydrogen-bond donors (Lipinski definition) is 3. The molecule has 2 aromatic carbocycles. The Labute approximate surface area is 184 Å². The molecule has 0 saturated carbocycles. The number of nitrogens with one attached hydrogen (secondary N) is 3. The van der Waals surface area contributed by atoms with E-state index in [1.165, 1.54) is 41.1 Å². The molecule has 0 aliphatic carbocycles. The highest BCUT2D eigenvalue weighted by atomic mass is 35.5. The van der Waals surface area contributed by atoms with Crippen molar-refractivity contribution in [2.45, 2.75) is 11.8 Å². The van der Waals surface area contributed by atoms with Gasteiger partial charge in [-0.05, 0) is 54.7 Å². The quantitative estimate of drug-likeness (QED) is 0.583. The van der Waals surface area contributed by atoms with Gasteiger partial charge in [0.2, 0.25) is 5.91 Å². The molecule has 2 aromatic rings. The average Bonchev–Trinajstić information content (AvgIpc) is 3.01. The van der Waals surface area contributed by atoms with Crippen LogP contribution in [0.1, 0.15) is 6.92 Å². The van der Waals surface area contributed by atoms with E-state index in [4.69, 9.17) is 23.8 Å². The summed E-state index contributed by atoms with van der Waals surface area (Å²) in [6.07, 6.45) is 0. The zero-order valence-electron chi connectivity index (χ0n) is 15.8. The number of thiocarbonyl (C=S) groups is 1. The van der Waals surface area contributed by atoms with Crippen LogP contribution in [-0.4, -0.2) is 48.5 Å². The molecule has 158 valence electrons. The third kappa shape index (κ3) is 5.25. The van der Waals surface area contributed by atoms with Crippen molar-refractivity contribution < 1.29 is 18.0 Å². The summed E-state index contributed by atoms with van der Waals surface area (Å²) in [6.45, 7) is 1.75. The SMILES string of the molecule is CC(=O)Nc1ccc(S(=O)(=O)NN2CCN(C(=O)Nc3cccc(Cl)c3)C2=S)cc1. The van der Waals surface area contributed by atoms with Gasteiger partial charge in [-0.3, -0.25) is 14.7 Å². The summed E-state index contributed by atoms with van der Waals surface area (Å²) in [7, 11) is -3.94. The van der Waals surface area contributed by atoms with Crippen LogP contribution in [-0.2, 0) is 14.8 Å². The molecule has 3 amide bonds. The van der Waals surface area contributed by atoms with E-state index in [1.54, 1.807) is 24.3 Å². The first-order valence-electron chi connectivity index (χ1n) is 8.71. The van der Waals surface area contributed by atoms with Gasteiger partial charge in [-0.1, -0.05) is 17.7 Å². The van der Waals surface area contributed by atoms with Gasteiger partial charge in [-0.25, -0.2) is 13.2 Å². The third-order valence-electron chi connectivity index (χ3n) is 4.05. The van der Waals surface area contributed by atoms with Gasteiger partial charge >= 0.3 is 6.03 Å². The van der Waals surface area contributed by atoms with Crippen LogP contribution in [0.25, 0.3) is 0 Å². The van der Waals surface area contributed by atoms with E-state index in [-0.39, 0.29) is 29.0 Å². The highest BCUT2D eigenvalue weighted by molar-refractivity contribution is 7.89. The second-order valence-corrected chi connectivity index (χ2v) is 8.79. The number of anilines is 2. The van der Waals surface area contributed by atoms with Crippen LogP contribution < -0.4 is 15.5 Å². The second kappa shape index (κ2) is 8.96. The Hall–Kier alpha value is -2.73.